The van der Waals surface area contributed by atoms with Crippen molar-refractivity contribution in [3.63, 3.8) is 0 Å². The van der Waals surface area contributed by atoms with Gasteiger partial charge in [-0.3, -0.25) is 9.59 Å². The van der Waals surface area contributed by atoms with E-state index in [0.717, 1.165) is 15.5 Å². The van der Waals surface area contributed by atoms with Gasteiger partial charge in [-0.1, -0.05) is 18.2 Å². The molecule has 2 aromatic heterocycles. The Labute approximate surface area is 174 Å². The number of Topliss-reactive ketones (excluding diaryl/α,β-unsaturated/α-hetero) is 1. The molecule has 2 heterocycles. The molecule has 0 aliphatic heterocycles. The molecule has 4 rings (SSSR count). The molecular weight excluding hydrogens is 404 g/mol. The van der Waals surface area contributed by atoms with Gasteiger partial charge in [0.05, 0.1) is 17.5 Å². The molecule has 0 unspecified atom stereocenters. The Morgan fingerprint density at radius 2 is 1.77 bits per heavy atom. The Bertz CT molecular complexity index is 1310. The van der Waals surface area contributed by atoms with Gasteiger partial charge in [-0.15, -0.1) is 11.3 Å². The third-order valence-corrected chi connectivity index (χ3v) is 5.60. The number of hydrogen-bond donors (Lipinski definition) is 3. The summed E-state index contributed by atoms with van der Waals surface area (Å²) in [6.45, 7) is 0. The first-order valence-electron chi connectivity index (χ1n) is 9.09. The van der Waals surface area contributed by atoms with Crippen LogP contribution in [-0.2, 0) is 4.79 Å². The highest BCUT2D eigenvalue weighted by molar-refractivity contribution is 7.18. The second kappa shape index (κ2) is 7.92. The van der Waals surface area contributed by atoms with Crippen molar-refractivity contribution in [3.05, 3.63) is 65.0 Å². The second-order valence-electron chi connectivity index (χ2n) is 6.68. The van der Waals surface area contributed by atoms with Crippen LogP contribution in [0.2, 0.25) is 0 Å². The number of aromatic nitrogens is 1. The van der Waals surface area contributed by atoms with Crippen LogP contribution in [-0.4, -0.2) is 32.9 Å². The Morgan fingerprint density at radius 1 is 0.933 bits per heavy atom. The maximum atomic E-state index is 12.2. The van der Waals surface area contributed by atoms with Gasteiger partial charge >= 0.3 is 11.9 Å². The number of carbonyl (C=O) groups is 3. The number of hydrogen-bond acceptors (Lipinski definition) is 6. The Morgan fingerprint density at radius 3 is 2.53 bits per heavy atom. The SMILES string of the molecule is O=C(O)CCC(=O)c1cccc(Nc2nc3cc(C(=O)O)ccc3c3sccc23)c1. The molecule has 0 atom stereocenters. The number of nitrogens with zero attached hydrogens (tertiary/aromatic N) is 1. The van der Waals surface area contributed by atoms with Crippen molar-refractivity contribution >= 4 is 61.6 Å². The second-order valence-corrected chi connectivity index (χ2v) is 7.60. The maximum absolute atomic E-state index is 12.2. The summed E-state index contributed by atoms with van der Waals surface area (Å²) in [5.41, 5.74) is 1.76. The largest absolute Gasteiger partial charge is 0.481 e. The van der Waals surface area contributed by atoms with Gasteiger partial charge < -0.3 is 15.5 Å². The van der Waals surface area contributed by atoms with E-state index in [9.17, 15) is 19.5 Å². The maximum Gasteiger partial charge on any atom is 0.335 e. The molecule has 4 aromatic rings. The van der Waals surface area contributed by atoms with E-state index in [-0.39, 0.29) is 24.2 Å². The highest BCUT2D eigenvalue weighted by atomic mass is 32.1. The molecule has 0 saturated heterocycles. The fourth-order valence-electron chi connectivity index (χ4n) is 3.20. The van der Waals surface area contributed by atoms with Crippen LogP contribution in [0.15, 0.2) is 53.9 Å². The summed E-state index contributed by atoms with van der Waals surface area (Å²) in [6.07, 6.45) is -0.288. The average Bonchev–Trinajstić information content (AvgIpc) is 3.22. The van der Waals surface area contributed by atoms with Crippen LogP contribution in [0.4, 0.5) is 11.5 Å². The summed E-state index contributed by atoms with van der Waals surface area (Å²) in [7, 11) is 0. The van der Waals surface area contributed by atoms with E-state index >= 15 is 0 Å². The molecule has 150 valence electrons. The number of rotatable bonds is 7. The number of thiophene rings is 1. The van der Waals surface area contributed by atoms with Gasteiger partial charge in [0.15, 0.2) is 5.78 Å². The number of nitrogens with one attached hydrogen (secondary N) is 1. The molecule has 0 saturated carbocycles. The number of aromatic carboxylic acids is 1. The van der Waals surface area contributed by atoms with E-state index < -0.39 is 11.9 Å². The number of carboxylic acid groups (broad SMARTS) is 2. The molecule has 8 heteroatoms. The lowest BCUT2D eigenvalue weighted by Gasteiger charge is -2.11. The van der Waals surface area contributed by atoms with E-state index in [0.29, 0.717) is 22.6 Å². The van der Waals surface area contributed by atoms with Gasteiger partial charge in [-0.25, -0.2) is 9.78 Å². The molecule has 0 radical (unpaired) electrons. The van der Waals surface area contributed by atoms with Gasteiger partial charge in [-0.2, -0.15) is 0 Å². The number of carbonyl (C=O) groups excluding carboxylic acids is 1. The minimum absolute atomic E-state index is 0.0697. The summed E-state index contributed by atoms with van der Waals surface area (Å²) in [6, 6.07) is 13.6. The number of fused-ring (bicyclic) bond motifs is 3. The molecule has 7 nitrogen and oxygen atoms in total. The molecule has 0 spiro atoms. The quantitative estimate of drug-likeness (QED) is 0.363. The van der Waals surface area contributed by atoms with Gasteiger partial charge in [0.25, 0.3) is 0 Å². The first-order valence-corrected chi connectivity index (χ1v) is 9.96. The third-order valence-electron chi connectivity index (χ3n) is 4.66. The van der Waals surface area contributed by atoms with Crippen LogP contribution in [0.3, 0.4) is 0 Å². The summed E-state index contributed by atoms with van der Waals surface area (Å²) in [5.74, 6) is -1.73. The van der Waals surface area contributed by atoms with Gasteiger partial charge in [-0.05, 0) is 35.7 Å². The van der Waals surface area contributed by atoms with E-state index in [2.05, 4.69) is 10.3 Å². The number of ketones is 1. The molecule has 3 N–H and O–H groups in total. The fourth-order valence-corrected chi connectivity index (χ4v) is 4.13. The molecular formula is C22H16N2O5S. The minimum Gasteiger partial charge on any atom is -0.481 e. The van der Waals surface area contributed by atoms with Crippen molar-refractivity contribution < 1.29 is 24.6 Å². The van der Waals surface area contributed by atoms with Crippen molar-refractivity contribution in [1.82, 2.24) is 4.98 Å². The monoisotopic (exact) mass is 420 g/mol. The third kappa shape index (κ3) is 3.85. The molecule has 0 bridgehead atoms. The zero-order valence-corrected chi connectivity index (χ0v) is 16.4. The normalized spacial score (nSPS) is 10.9. The number of benzene rings is 2. The zero-order valence-electron chi connectivity index (χ0n) is 15.6. The van der Waals surface area contributed by atoms with Crippen LogP contribution in [0.5, 0.6) is 0 Å². The van der Waals surface area contributed by atoms with Crippen molar-refractivity contribution in [3.8, 4) is 0 Å². The number of carboxylic acids is 2. The first-order chi connectivity index (χ1) is 14.4. The Balaban J connectivity index is 1.72. The van der Waals surface area contributed by atoms with Crippen molar-refractivity contribution in [1.29, 1.82) is 0 Å². The Kier molecular flexibility index (Phi) is 5.16. The van der Waals surface area contributed by atoms with E-state index in [4.69, 9.17) is 5.11 Å². The summed E-state index contributed by atoms with van der Waals surface area (Å²) in [4.78, 5) is 38.9. The van der Waals surface area contributed by atoms with Gasteiger partial charge in [0.2, 0.25) is 0 Å². The molecule has 30 heavy (non-hydrogen) atoms. The van der Waals surface area contributed by atoms with Crippen molar-refractivity contribution in [2.24, 2.45) is 0 Å². The van der Waals surface area contributed by atoms with Crippen LogP contribution in [0.25, 0.3) is 21.0 Å². The summed E-state index contributed by atoms with van der Waals surface area (Å²) in [5, 5.41) is 25.0. The Hall–Kier alpha value is -3.78. The number of pyridine rings is 1. The number of anilines is 2. The van der Waals surface area contributed by atoms with Gasteiger partial charge in [0, 0.05) is 33.1 Å². The number of aliphatic carboxylic acids is 1. The highest BCUT2D eigenvalue weighted by Gasteiger charge is 2.14. The summed E-state index contributed by atoms with van der Waals surface area (Å²) < 4.78 is 0.980. The molecule has 0 aliphatic carbocycles. The van der Waals surface area contributed by atoms with E-state index in [1.165, 1.54) is 17.4 Å². The molecule has 0 aliphatic rings. The van der Waals surface area contributed by atoms with E-state index in [1.54, 1.807) is 36.4 Å². The predicted octanol–water partition coefficient (Wildman–Crippen LogP) is 4.94. The zero-order chi connectivity index (χ0) is 21.3. The first kappa shape index (κ1) is 19.5. The minimum atomic E-state index is -1.02. The lowest BCUT2D eigenvalue weighted by Crippen LogP contribution is -2.04. The van der Waals surface area contributed by atoms with Crippen LogP contribution in [0.1, 0.15) is 33.6 Å². The van der Waals surface area contributed by atoms with Crippen LogP contribution in [0, 0.1) is 0 Å². The van der Waals surface area contributed by atoms with Crippen molar-refractivity contribution in [2.45, 2.75) is 12.8 Å². The molecule has 0 amide bonds. The standard InChI is InChI=1S/C22H16N2O5S/c25-18(6-7-19(26)27)12-2-1-3-14(10-12)23-21-16-8-9-30-20(16)15-5-4-13(22(28)29)11-17(15)24-21/h1-5,8-11H,6-7H2,(H,23,24)(H,26,27)(H,28,29). The van der Waals surface area contributed by atoms with Crippen LogP contribution >= 0.6 is 11.3 Å². The topological polar surface area (TPSA) is 117 Å². The smallest absolute Gasteiger partial charge is 0.335 e. The van der Waals surface area contributed by atoms with Gasteiger partial charge in [0.1, 0.15) is 5.82 Å². The lowest BCUT2D eigenvalue weighted by molar-refractivity contribution is -0.136. The van der Waals surface area contributed by atoms with Crippen LogP contribution < -0.4 is 5.32 Å². The van der Waals surface area contributed by atoms with E-state index in [1.807, 2.05) is 11.4 Å². The lowest BCUT2D eigenvalue weighted by atomic mass is 10.1. The summed E-state index contributed by atoms with van der Waals surface area (Å²) >= 11 is 1.54. The fraction of sp³-hybridized carbons (Fsp3) is 0.0909. The molecule has 2 aromatic carbocycles. The highest BCUT2D eigenvalue weighted by Crippen LogP contribution is 2.35. The predicted molar refractivity (Wildman–Crippen MR) is 115 cm³/mol. The molecule has 0 fully saturated rings. The van der Waals surface area contributed by atoms with Crippen molar-refractivity contribution in [2.75, 3.05) is 5.32 Å². The average molecular weight is 420 g/mol.